The highest BCUT2D eigenvalue weighted by atomic mass is 79.9. The number of ether oxygens (including phenoxy) is 1. The first-order chi connectivity index (χ1) is 9.60. The SMILES string of the molecule is CCOc1ccc(NCc2ccc(Br)cc2Cl)cc1Cl. The van der Waals surface area contributed by atoms with Crippen molar-refractivity contribution in [3.63, 3.8) is 0 Å². The Morgan fingerprint density at radius 2 is 1.90 bits per heavy atom. The Morgan fingerprint density at radius 1 is 1.10 bits per heavy atom. The van der Waals surface area contributed by atoms with Crippen LogP contribution in [0, 0.1) is 0 Å². The van der Waals surface area contributed by atoms with Gasteiger partial charge in [0.15, 0.2) is 0 Å². The molecule has 20 heavy (non-hydrogen) atoms. The minimum atomic E-state index is 0.596. The van der Waals surface area contributed by atoms with E-state index in [0.717, 1.165) is 20.7 Å². The highest BCUT2D eigenvalue weighted by Crippen LogP contribution is 2.28. The lowest BCUT2D eigenvalue weighted by Gasteiger charge is -2.11. The summed E-state index contributed by atoms with van der Waals surface area (Å²) in [5.41, 5.74) is 1.96. The van der Waals surface area contributed by atoms with Crippen molar-refractivity contribution in [3.8, 4) is 5.75 Å². The molecule has 2 rings (SSSR count). The molecule has 0 aliphatic heterocycles. The Balaban J connectivity index is 2.05. The number of anilines is 1. The largest absolute Gasteiger partial charge is 0.492 e. The summed E-state index contributed by atoms with van der Waals surface area (Å²) in [6.07, 6.45) is 0. The van der Waals surface area contributed by atoms with Gasteiger partial charge >= 0.3 is 0 Å². The van der Waals surface area contributed by atoms with E-state index in [0.29, 0.717) is 23.9 Å². The van der Waals surface area contributed by atoms with Crippen molar-refractivity contribution in [2.75, 3.05) is 11.9 Å². The summed E-state index contributed by atoms with van der Waals surface area (Å²) in [6, 6.07) is 11.5. The molecule has 5 heteroatoms. The third kappa shape index (κ3) is 4.05. The van der Waals surface area contributed by atoms with Gasteiger partial charge in [0.25, 0.3) is 0 Å². The lowest BCUT2D eigenvalue weighted by molar-refractivity contribution is 0.340. The molecular formula is C15H14BrCl2NO. The van der Waals surface area contributed by atoms with Gasteiger partial charge in [0.2, 0.25) is 0 Å². The lowest BCUT2D eigenvalue weighted by atomic mass is 10.2. The molecule has 0 bridgehead atoms. The van der Waals surface area contributed by atoms with Gasteiger partial charge in [-0.3, -0.25) is 0 Å². The zero-order valence-electron chi connectivity index (χ0n) is 10.9. The summed E-state index contributed by atoms with van der Waals surface area (Å²) >= 11 is 15.7. The minimum absolute atomic E-state index is 0.596. The van der Waals surface area contributed by atoms with Crippen molar-refractivity contribution in [2.24, 2.45) is 0 Å². The quantitative estimate of drug-likeness (QED) is 0.717. The monoisotopic (exact) mass is 373 g/mol. The van der Waals surface area contributed by atoms with E-state index < -0.39 is 0 Å². The van der Waals surface area contributed by atoms with Crippen LogP contribution in [-0.2, 0) is 6.54 Å². The Hall–Kier alpha value is -0.900. The van der Waals surface area contributed by atoms with Crippen molar-refractivity contribution in [1.29, 1.82) is 0 Å². The Bertz CT molecular complexity index is 604. The zero-order chi connectivity index (χ0) is 14.5. The fourth-order valence-electron chi connectivity index (χ4n) is 1.75. The third-order valence-corrected chi connectivity index (χ3v) is 3.87. The molecule has 0 spiro atoms. The van der Waals surface area contributed by atoms with Gasteiger partial charge in [-0.05, 0) is 42.8 Å². The van der Waals surface area contributed by atoms with E-state index in [2.05, 4.69) is 21.2 Å². The fraction of sp³-hybridized carbons (Fsp3) is 0.200. The highest BCUT2D eigenvalue weighted by molar-refractivity contribution is 9.10. The molecule has 1 N–H and O–H groups in total. The van der Waals surface area contributed by atoms with Crippen LogP contribution in [0.2, 0.25) is 10.0 Å². The maximum absolute atomic E-state index is 6.18. The van der Waals surface area contributed by atoms with Gasteiger partial charge < -0.3 is 10.1 Å². The van der Waals surface area contributed by atoms with Crippen LogP contribution in [0.15, 0.2) is 40.9 Å². The van der Waals surface area contributed by atoms with Crippen molar-refractivity contribution >= 4 is 44.8 Å². The van der Waals surface area contributed by atoms with Crippen LogP contribution in [-0.4, -0.2) is 6.61 Å². The van der Waals surface area contributed by atoms with E-state index in [9.17, 15) is 0 Å². The van der Waals surface area contributed by atoms with Crippen molar-refractivity contribution in [3.05, 3.63) is 56.5 Å². The second-order valence-corrected chi connectivity index (χ2v) is 5.90. The van der Waals surface area contributed by atoms with Crippen LogP contribution in [0.1, 0.15) is 12.5 Å². The first-order valence-corrected chi connectivity index (χ1v) is 7.75. The highest BCUT2D eigenvalue weighted by Gasteiger charge is 2.04. The molecule has 0 aliphatic carbocycles. The number of halogens is 3. The summed E-state index contributed by atoms with van der Waals surface area (Å²) in [5.74, 6) is 0.696. The Kier molecular flexibility index (Phi) is 5.58. The van der Waals surface area contributed by atoms with Crippen LogP contribution >= 0.6 is 39.1 Å². The van der Waals surface area contributed by atoms with E-state index in [1.54, 1.807) is 0 Å². The maximum atomic E-state index is 6.18. The molecule has 0 saturated heterocycles. The number of hydrogen-bond acceptors (Lipinski definition) is 2. The van der Waals surface area contributed by atoms with E-state index >= 15 is 0 Å². The smallest absolute Gasteiger partial charge is 0.138 e. The summed E-state index contributed by atoms with van der Waals surface area (Å²) in [4.78, 5) is 0. The minimum Gasteiger partial charge on any atom is -0.492 e. The fourth-order valence-corrected chi connectivity index (χ4v) is 2.72. The van der Waals surface area contributed by atoms with Gasteiger partial charge in [0.1, 0.15) is 5.75 Å². The predicted octanol–water partition coefficient (Wildman–Crippen LogP) is 5.77. The van der Waals surface area contributed by atoms with Crippen LogP contribution in [0.5, 0.6) is 5.75 Å². The number of hydrogen-bond donors (Lipinski definition) is 1. The number of nitrogens with one attached hydrogen (secondary N) is 1. The van der Waals surface area contributed by atoms with Gasteiger partial charge in [-0.2, -0.15) is 0 Å². The van der Waals surface area contributed by atoms with Crippen molar-refractivity contribution in [2.45, 2.75) is 13.5 Å². The number of benzene rings is 2. The summed E-state index contributed by atoms with van der Waals surface area (Å²) in [5, 5.41) is 4.61. The molecule has 0 aromatic heterocycles. The summed E-state index contributed by atoms with van der Waals surface area (Å²) < 4.78 is 6.37. The molecule has 106 valence electrons. The van der Waals surface area contributed by atoms with Crippen LogP contribution in [0.25, 0.3) is 0 Å². The molecular weight excluding hydrogens is 361 g/mol. The molecule has 2 aromatic carbocycles. The average molecular weight is 375 g/mol. The van der Waals surface area contributed by atoms with Gasteiger partial charge in [0, 0.05) is 21.7 Å². The normalized spacial score (nSPS) is 10.4. The number of rotatable bonds is 5. The van der Waals surface area contributed by atoms with Gasteiger partial charge in [-0.15, -0.1) is 0 Å². The average Bonchev–Trinajstić information content (AvgIpc) is 2.41. The Morgan fingerprint density at radius 3 is 2.55 bits per heavy atom. The second-order valence-electron chi connectivity index (χ2n) is 4.17. The van der Waals surface area contributed by atoms with E-state index in [4.69, 9.17) is 27.9 Å². The zero-order valence-corrected chi connectivity index (χ0v) is 14.0. The van der Waals surface area contributed by atoms with Crippen molar-refractivity contribution < 1.29 is 4.74 Å². The molecule has 0 fully saturated rings. The molecule has 2 aromatic rings. The maximum Gasteiger partial charge on any atom is 0.138 e. The summed E-state index contributed by atoms with van der Waals surface area (Å²) in [7, 11) is 0. The van der Waals surface area contributed by atoms with Gasteiger partial charge in [-0.25, -0.2) is 0 Å². The topological polar surface area (TPSA) is 21.3 Å². The van der Waals surface area contributed by atoms with Crippen LogP contribution in [0.4, 0.5) is 5.69 Å². The summed E-state index contributed by atoms with van der Waals surface area (Å²) in [6.45, 7) is 3.16. The second kappa shape index (κ2) is 7.21. The standard InChI is InChI=1S/C15H14BrCl2NO/c1-2-20-15-6-5-12(8-14(15)18)19-9-10-3-4-11(16)7-13(10)17/h3-8,19H,2,9H2,1H3. The van der Waals surface area contributed by atoms with Gasteiger partial charge in [0.05, 0.1) is 11.6 Å². The van der Waals surface area contributed by atoms with E-state index in [1.165, 1.54) is 0 Å². The predicted molar refractivity (Wildman–Crippen MR) is 89.1 cm³/mol. The Labute approximate surface area is 137 Å². The molecule has 0 saturated carbocycles. The van der Waals surface area contributed by atoms with Crippen LogP contribution < -0.4 is 10.1 Å². The first-order valence-electron chi connectivity index (χ1n) is 6.20. The molecule has 2 nitrogen and oxygen atoms in total. The molecule has 0 unspecified atom stereocenters. The molecule has 0 radical (unpaired) electrons. The molecule has 0 aliphatic rings. The molecule has 0 amide bonds. The van der Waals surface area contributed by atoms with Gasteiger partial charge in [-0.1, -0.05) is 45.2 Å². The van der Waals surface area contributed by atoms with E-state index in [1.807, 2.05) is 43.3 Å². The van der Waals surface area contributed by atoms with Crippen molar-refractivity contribution in [1.82, 2.24) is 0 Å². The molecule has 0 heterocycles. The van der Waals surface area contributed by atoms with Crippen LogP contribution in [0.3, 0.4) is 0 Å². The molecule has 0 atom stereocenters. The third-order valence-electron chi connectivity index (χ3n) is 2.73. The van der Waals surface area contributed by atoms with E-state index in [-0.39, 0.29) is 0 Å². The first kappa shape index (κ1) is 15.5. The lowest BCUT2D eigenvalue weighted by Crippen LogP contribution is -2.00.